The number of hydrogen-bond donors (Lipinski definition) is 0. The topological polar surface area (TPSA) is 0 Å². The third-order valence-corrected chi connectivity index (χ3v) is 2.71. The first-order valence-electron chi connectivity index (χ1n) is 4.59. The van der Waals surface area contributed by atoms with Crippen molar-refractivity contribution in [3.05, 3.63) is 33.8 Å². The van der Waals surface area contributed by atoms with Gasteiger partial charge in [-0.2, -0.15) is 0 Å². The Morgan fingerprint density at radius 3 is 2.08 bits per heavy atom. The highest BCUT2D eigenvalue weighted by Gasteiger charge is 2.18. The van der Waals surface area contributed by atoms with Crippen LogP contribution in [0.15, 0.2) is 12.1 Å². The maximum atomic E-state index is 6.25. The summed E-state index contributed by atoms with van der Waals surface area (Å²) in [6.07, 6.45) is 0. The van der Waals surface area contributed by atoms with Crippen molar-refractivity contribution in [2.75, 3.05) is 0 Å². The molecule has 0 amide bonds. The van der Waals surface area contributed by atoms with E-state index in [4.69, 9.17) is 11.6 Å². The van der Waals surface area contributed by atoms with Crippen molar-refractivity contribution in [1.29, 1.82) is 0 Å². The summed E-state index contributed by atoms with van der Waals surface area (Å²) < 4.78 is 0. The van der Waals surface area contributed by atoms with Crippen LogP contribution in [0.25, 0.3) is 0 Å². The molecule has 1 heteroatoms. The molecule has 0 spiro atoms. The van der Waals surface area contributed by atoms with E-state index in [1.54, 1.807) is 0 Å². The molecule has 0 nitrogen and oxygen atoms in total. The highest BCUT2D eigenvalue weighted by molar-refractivity contribution is 6.32. The molecule has 0 N–H and O–H groups in total. The molecule has 0 aliphatic rings. The van der Waals surface area contributed by atoms with Crippen LogP contribution in [0.2, 0.25) is 5.02 Å². The first-order chi connectivity index (χ1) is 5.82. The zero-order valence-corrected chi connectivity index (χ0v) is 9.79. The number of halogens is 1. The predicted molar refractivity (Wildman–Crippen MR) is 59.6 cm³/mol. The van der Waals surface area contributed by atoms with Gasteiger partial charge in [0.15, 0.2) is 0 Å². The van der Waals surface area contributed by atoms with Crippen molar-refractivity contribution < 1.29 is 0 Å². The number of benzene rings is 1. The second kappa shape index (κ2) is 3.34. The maximum Gasteiger partial charge on any atom is 0.0472 e. The molecule has 0 bridgehead atoms. The van der Waals surface area contributed by atoms with Gasteiger partial charge in [-0.25, -0.2) is 0 Å². The fraction of sp³-hybridized carbons (Fsp3) is 0.500. The number of aryl methyl sites for hydroxylation is 2. The van der Waals surface area contributed by atoms with Gasteiger partial charge in [0.25, 0.3) is 0 Å². The molecular formula is C12H17Cl. The van der Waals surface area contributed by atoms with Gasteiger partial charge in [0.05, 0.1) is 0 Å². The van der Waals surface area contributed by atoms with E-state index >= 15 is 0 Å². The molecule has 0 aliphatic carbocycles. The Balaban J connectivity index is 3.37. The summed E-state index contributed by atoms with van der Waals surface area (Å²) in [5.74, 6) is 0. The molecule has 13 heavy (non-hydrogen) atoms. The van der Waals surface area contributed by atoms with E-state index in [2.05, 4.69) is 46.8 Å². The van der Waals surface area contributed by atoms with Gasteiger partial charge in [-0.05, 0) is 30.4 Å². The lowest BCUT2D eigenvalue weighted by atomic mass is 9.85. The van der Waals surface area contributed by atoms with Gasteiger partial charge in [-0.15, -0.1) is 0 Å². The fourth-order valence-corrected chi connectivity index (χ4v) is 1.89. The largest absolute Gasteiger partial charge is 0.0837 e. The summed E-state index contributed by atoms with van der Waals surface area (Å²) in [7, 11) is 0. The molecule has 0 atom stereocenters. The molecule has 0 aliphatic heterocycles. The highest BCUT2D eigenvalue weighted by atomic mass is 35.5. The quantitative estimate of drug-likeness (QED) is 0.582. The molecule has 0 saturated heterocycles. The van der Waals surface area contributed by atoms with Gasteiger partial charge >= 0.3 is 0 Å². The minimum Gasteiger partial charge on any atom is -0.0837 e. The lowest BCUT2D eigenvalue weighted by Gasteiger charge is -2.22. The van der Waals surface area contributed by atoms with Crippen LogP contribution < -0.4 is 0 Å². The van der Waals surface area contributed by atoms with Crippen molar-refractivity contribution in [3.8, 4) is 0 Å². The van der Waals surface area contributed by atoms with Crippen molar-refractivity contribution >= 4 is 11.6 Å². The second-order valence-corrected chi connectivity index (χ2v) is 5.07. The first-order valence-corrected chi connectivity index (χ1v) is 4.97. The first kappa shape index (κ1) is 10.6. The Morgan fingerprint density at radius 1 is 1.08 bits per heavy atom. The lowest BCUT2D eigenvalue weighted by Crippen LogP contribution is -2.12. The molecule has 1 aromatic carbocycles. The Bertz CT molecular complexity index is 319. The van der Waals surface area contributed by atoms with E-state index in [1.165, 1.54) is 16.7 Å². The summed E-state index contributed by atoms with van der Waals surface area (Å²) in [6.45, 7) is 10.7. The van der Waals surface area contributed by atoms with E-state index in [1.807, 2.05) is 0 Å². The average molecular weight is 197 g/mol. The molecule has 1 rings (SSSR count). The van der Waals surface area contributed by atoms with Crippen LogP contribution in [0.4, 0.5) is 0 Å². The van der Waals surface area contributed by atoms with Crippen LogP contribution in [0.5, 0.6) is 0 Å². The predicted octanol–water partition coefficient (Wildman–Crippen LogP) is 4.25. The Morgan fingerprint density at radius 2 is 1.62 bits per heavy atom. The summed E-state index contributed by atoms with van der Waals surface area (Å²) in [4.78, 5) is 0. The van der Waals surface area contributed by atoms with Crippen molar-refractivity contribution in [3.63, 3.8) is 0 Å². The van der Waals surface area contributed by atoms with Crippen LogP contribution in [0.1, 0.15) is 37.5 Å². The standard InChI is InChI=1S/C12H17Cl/c1-8-6-9(2)11(13)10(7-8)12(3,4)5/h6-7H,1-5H3. The van der Waals surface area contributed by atoms with Crippen molar-refractivity contribution in [2.45, 2.75) is 40.0 Å². The number of hydrogen-bond acceptors (Lipinski definition) is 0. The van der Waals surface area contributed by atoms with E-state index in [0.717, 1.165) is 5.02 Å². The van der Waals surface area contributed by atoms with Crippen molar-refractivity contribution in [2.24, 2.45) is 0 Å². The SMILES string of the molecule is Cc1cc(C)c(Cl)c(C(C)(C)C)c1. The molecule has 72 valence electrons. The molecule has 0 radical (unpaired) electrons. The van der Waals surface area contributed by atoms with Gasteiger partial charge in [0, 0.05) is 5.02 Å². The molecular weight excluding hydrogens is 180 g/mol. The van der Waals surface area contributed by atoms with Crippen LogP contribution in [0, 0.1) is 13.8 Å². The molecule has 0 unspecified atom stereocenters. The van der Waals surface area contributed by atoms with Gasteiger partial charge < -0.3 is 0 Å². The van der Waals surface area contributed by atoms with Crippen LogP contribution >= 0.6 is 11.6 Å². The van der Waals surface area contributed by atoms with Crippen molar-refractivity contribution in [1.82, 2.24) is 0 Å². The van der Waals surface area contributed by atoms with Crippen LogP contribution in [0.3, 0.4) is 0 Å². The van der Waals surface area contributed by atoms with Gasteiger partial charge in [0.2, 0.25) is 0 Å². The summed E-state index contributed by atoms with van der Waals surface area (Å²) >= 11 is 6.25. The average Bonchev–Trinajstić information content (AvgIpc) is 1.94. The van der Waals surface area contributed by atoms with E-state index in [-0.39, 0.29) is 5.41 Å². The third-order valence-electron chi connectivity index (χ3n) is 2.21. The zero-order valence-electron chi connectivity index (χ0n) is 9.03. The van der Waals surface area contributed by atoms with E-state index < -0.39 is 0 Å². The van der Waals surface area contributed by atoms with E-state index in [9.17, 15) is 0 Å². The van der Waals surface area contributed by atoms with Crippen LogP contribution in [-0.4, -0.2) is 0 Å². The Labute approximate surface area is 85.9 Å². The summed E-state index contributed by atoms with van der Waals surface area (Å²) in [5.41, 5.74) is 3.83. The minimum absolute atomic E-state index is 0.133. The molecule has 0 fully saturated rings. The molecule has 0 saturated carbocycles. The van der Waals surface area contributed by atoms with Gasteiger partial charge in [-0.1, -0.05) is 50.1 Å². The maximum absolute atomic E-state index is 6.25. The van der Waals surface area contributed by atoms with Gasteiger partial charge in [-0.3, -0.25) is 0 Å². The third kappa shape index (κ3) is 2.25. The monoisotopic (exact) mass is 196 g/mol. The zero-order chi connectivity index (χ0) is 10.2. The Kier molecular flexibility index (Phi) is 2.72. The normalized spacial score (nSPS) is 11.8. The molecule has 0 aromatic heterocycles. The summed E-state index contributed by atoms with van der Waals surface area (Å²) in [6, 6.07) is 4.30. The lowest BCUT2D eigenvalue weighted by molar-refractivity contribution is 0.589. The smallest absolute Gasteiger partial charge is 0.0472 e. The molecule has 1 aromatic rings. The summed E-state index contributed by atoms with van der Waals surface area (Å²) in [5, 5.41) is 0.915. The number of rotatable bonds is 0. The van der Waals surface area contributed by atoms with Gasteiger partial charge in [0.1, 0.15) is 0 Å². The minimum atomic E-state index is 0.133. The second-order valence-electron chi connectivity index (χ2n) is 4.69. The highest BCUT2D eigenvalue weighted by Crippen LogP contribution is 2.32. The molecule has 0 heterocycles. The Hall–Kier alpha value is -0.490. The van der Waals surface area contributed by atoms with E-state index in [0.29, 0.717) is 0 Å². The van der Waals surface area contributed by atoms with Crippen LogP contribution in [-0.2, 0) is 5.41 Å². The fourth-order valence-electron chi connectivity index (χ4n) is 1.50.